The predicted octanol–water partition coefficient (Wildman–Crippen LogP) is 1.43. The van der Waals surface area contributed by atoms with Crippen LogP contribution in [0.4, 0.5) is 5.69 Å². The lowest BCUT2D eigenvalue weighted by atomic mass is 10.2. The van der Waals surface area contributed by atoms with Crippen molar-refractivity contribution >= 4 is 29.3 Å². The van der Waals surface area contributed by atoms with Crippen molar-refractivity contribution in [2.75, 3.05) is 12.4 Å². The molecule has 8 heteroatoms. The Morgan fingerprint density at radius 2 is 2.38 bits per heavy atom. The second-order valence-electron chi connectivity index (χ2n) is 4.41. The van der Waals surface area contributed by atoms with Gasteiger partial charge in [0.15, 0.2) is 5.16 Å². The third-order valence-electron chi connectivity index (χ3n) is 3.02. The van der Waals surface area contributed by atoms with Gasteiger partial charge in [0.1, 0.15) is 17.3 Å². The number of fused-ring (bicyclic) bond motifs is 1. The van der Waals surface area contributed by atoms with Crippen LogP contribution in [0.2, 0.25) is 0 Å². The number of hydrogen-bond acceptors (Lipinski definition) is 6. The maximum absolute atomic E-state index is 12.3. The van der Waals surface area contributed by atoms with Gasteiger partial charge in [-0.2, -0.15) is 0 Å². The van der Waals surface area contributed by atoms with Crippen LogP contribution in [0.3, 0.4) is 0 Å². The summed E-state index contributed by atoms with van der Waals surface area (Å²) in [5, 5.41) is 10.2. The average molecular weight is 304 g/mol. The molecule has 0 radical (unpaired) electrons. The van der Waals surface area contributed by atoms with Gasteiger partial charge in [0.2, 0.25) is 11.8 Å². The quantitative estimate of drug-likeness (QED) is 0.923. The van der Waals surface area contributed by atoms with Gasteiger partial charge < -0.3 is 10.1 Å². The second-order valence-corrected chi connectivity index (χ2v) is 5.58. The van der Waals surface area contributed by atoms with Gasteiger partial charge in [-0.15, -0.1) is 10.2 Å². The minimum Gasteiger partial charge on any atom is -0.497 e. The summed E-state index contributed by atoms with van der Waals surface area (Å²) in [5.74, 6) is 0.232. The molecular formula is C13H12N4O3S. The van der Waals surface area contributed by atoms with E-state index in [1.807, 2.05) is 0 Å². The van der Waals surface area contributed by atoms with E-state index in [0.29, 0.717) is 16.6 Å². The van der Waals surface area contributed by atoms with E-state index in [4.69, 9.17) is 4.74 Å². The average Bonchev–Trinajstić information content (AvgIpc) is 2.96. The van der Waals surface area contributed by atoms with Crippen LogP contribution in [0.5, 0.6) is 5.75 Å². The van der Waals surface area contributed by atoms with Gasteiger partial charge >= 0.3 is 0 Å². The zero-order chi connectivity index (χ0) is 14.8. The van der Waals surface area contributed by atoms with Crippen molar-refractivity contribution in [3.8, 4) is 5.75 Å². The highest BCUT2D eigenvalue weighted by atomic mass is 32.2. The van der Waals surface area contributed by atoms with Gasteiger partial charge in [0.05, 0.1) is 7.11 Å². The summed E-state index contributed by atoms with van der Waals surface area (Å²) in [5.41, 5.74) is 0.624. The Bertz CT molecular complexity index is 700. The Morgan fingerprint density at radius 1 is 1.52 bits per heavy atom. The number of carbonyl (C=O) groups excluding carboxylic acids is 2. The van der Waals surface area contributed by atoms with Crippen LogP contribution >= 0.6 is 11.8 Å². The van der Waals surface area contributed by atoms with Crippen LogP contribution in [0.15, 0.2) is 35.7 Å². The van der Waals surface area contributed by atoms with Crippen LogP contribution < -0.4 is 10.1 Å². The SMILES string of the molecule is COc1cccc(NC(=O)[C@@H]2CC(=O)n3cnnc3S2)c1. The number of aromatic nitrogens is 3. The fourth-order valence-electron chi connectivity index (χ4n) is 1.97. The first kappa shape index (κ1) is 13.6. The van der Waals surface area contributed by atoms with Crippen molar-refractivity contribution in [2.24, 2.45) is 0 Å². The fraction of sp³-hybridized carbons (Fsp3) is 0.231. The Labute approximate surface area is 124 Å². The number of methoxy groups -OCH3 is 1. The van der Waals surface area contributed by atoms with Crippen molar-refractivity contribution in [3.05, 3.63) is 30.6 Å². The molecule has 0 unspecified atom stereocenters. The first-order valence-corrected chi connectivity index (χ1v) is 7.10. The monoisotopic (exact) mass is 304 g/mol. The standard InChI is InChI=1S/C13H12N4O3S/c1-20-9-4-2-3-8(5-9)15-12(19)10-6-11(18)17-7-14-16-13(17)21-10/h2-5,7,10H,6H2,1H3,(H,15,19)/t10-/m0/s1. The zero-order valence-corrected chi connectivity index (χ0v) is 12.0. The summed E-state index contributed by atoms with van der Waals surface area (Å²) in [6.45, 7) is 0. The first-order chi connectivity index (χ1) is 10.2. The molecule has 2 aromatic rings. The largest absolute Gasteiger partial charge is 0.497 e. The lowest BCUT2D eigenvalue weighted by Crippen LogP contribution is -2.32. The number of rotatable bonds is 3. The van der Waals surface area contributed by atoms with Gasteiger partial charge in [-0.25, -0.2) is 4.57 Å². The molecule has 0 spiro atoms. The molecule has 0 bridgehead atoms. The summed E-state index contributed by atoms with van der Waals surface area (Å²) >= 11 is 1.23. The van der Waals surface area contributed by atoms with E-state index in [9.17, 15) is 9.59 Å². The molecule has 0 fully saturated rings. The molecule has 1 amide bonds. The number of hydrogen-bond donors (Lipinski definition) is 1. The number of thioether (sulfide) groups is 1. The van der Waals surface area contributed by atoms with Gasteiger partial charge in [0.25, 0.3) is 0 Å². The van der Waals surface area contributed by atoms with Crippen molar-refractivity contribution < 1.29 is 14.3 Å². The van der Waals surface area contributed by atoms with Crippen LogP contribution in [-0.4, -0.2) is 38.9 Å². The normalized spacial score (nSPS) is 17.2. The number of ether oxygens (including phenoxy) is 1. The predicted molar refractivity (Wildman–Crippen MR) is 76.5 cm³/mol. The molecule has 1 atom stereocenters. The molecule has 1 aliphatic rings. The molecule has 0 saturated carbocycles. The molecule has 0 aliphatic carbocycles. The molecular weight excluding hydrogens is 292 g/mol. The third-order valence-corrected chi connectivity index (χ3v) is 4.18. The Balaban J connectivity index is 1.73. The van der Waals surface area contributed by atoms with E-state index in [2.05, 4.69) is 15.5 Å². The molecule has 21 heavy (non-hydrogen) atoms. The Hall–Kier alpha value is -2.35. The maximum Gasteiger partial charge on any atom is 0.238 e. The number of carbonyl (C=O) groups is 2. The molecule has 1 aromatic heterocycles. The van der Waals surface area contributed by atoms with Crippen molar-refractivity contribution in [2.45, 2.75) is 16.8 Å². The lowest BCUT2D eigenvalue weighted by molar-refractivity contribution is -0.115. The molecule has 1 aliphatic heterocycles. The number of nitrogens with one attached hydrogen (secondary N) is 1. The van der Waals surface area contributed by atoms with Gasteiger partial charge in [-0.3, -0.25) is 9.59 Å². The molecule has 7 nitrogen and oxygen atoms in total. The highest BCUT2D eigenvalue weighted by Gasteiger charge is 2.31. The van der Waals surface area contributed by atoms with Crippen LogP contribution in [-0.2, 0) is 4.79 Å². The number of anilines is 1. The van der Waals surface area contributed by atoms with E-state index < -0.39 is 5.25 Å². The maximum atomic E-state index is 12.3. The second kappa shape index (κ2) is 5.57. The lowest BCUT2D eigenvalue weighted by Gasteiger charge is -2.20. The molecule has 0 saturated heterocycles. The minimum absolute atomic E-state index is 0.117. The van der Waals surface area contributed by atoms with Crippen LogP contribution in [0, 0.1) is 0 Å². The van der Waals surface area contributed by atoms with Crippen LogP contribution in [0.25, 0.3) is 0 Å². The van der Waals surface area contributed by atoms with Gasteiger partial charge in [-0.05, 0) is 12.1 Å². The highest BCUT2D eigenvalue weighted by Crippen LogP contribution is 2.30. The van der Waals surface area contributed by atoms with E-state index in [-0.39, 0.29) is 18.2 Å². The summed E-state index contributed by atoms with van der Waals surface area (Å²) in [7, 11) is 1.56. The topological polar surface area (TPSA) is 86.1 Å². The zero-order valence-electron chi connectivity index (χ0n) is 11.1. The van der Waals surface area contributed by atoms with Crippen molar-refractivity contribution in [1.82, 2.24) is 14.8 Å². The molecule has 1 N–H and O–H groups in total. The minimum atomic E-state index is -0.514. The van der Waals surface area contributed by atoms with E-state index in [1.165, 1.54) is 22.7 Å². The first-order valence-electron chi connectivity index (χ1n) is 6.22. The van der Waals surface area contributed by atoms with Crippen molar-refractivity contribution in [3.63, 3.8) is 0 Å². The Kier molecular flexibility index (Phi) is 3.61. The van der Waals surface area contributed by atoms with Gasteiger partial charge in [0, 0.05) is 18.2 Å². The van der Waals surface area contributed by atoms with E-state index >= 15 is 0 Å². The molecule has 108 valence electrons. The Morgan fingerprint density at radius 3 is 3.19 bits per heavy atom. The summed E-state index contributed by atoms with van der Waals surface area (Å²) in [4.78, 5) is 24.1. The smallest absolute Gasteiger partial charge is 0.238 e. The summed E-state index contributed by atoms with van der Waals surface area (Å²) in [6, 6.07) is 7.05. The number of benzene rings is 1. The summed E-state index contributed by atoms with van der Waals surface area (Å²) < 4.78 is 6.46. The van der Waals surface area contributed by atoms with E-state index in [1.54, 1.807) is 31.4 Å². The van der Waals surface area contributed by atoms with Gasteiger partial charge in [-0.1, -0.05) is 17.8 Å². The van der Waals surface area contributed by atoms with E-state index in [0.717, 1.165) is 0 Å². The molecule has 2 heterocycles. The highest BCUT2D eigenvalue weighted by molar-refractivity contribution is 8.00. The molecule has 3 rings (SSSR count). The summed E-state index contributed by atoms with van der Waals surface area (Å²) in [6.07, 6.45) is 1.48. The van der Waals surface area contributed by atoms with Crippen molar-refractivity contribution in [1.29, 1.82) is 0 Å². The fourth-order valence-corrected chi connectivity index (χ4v) is 2.97. The number of amides is 1. The molecule has 1 aromatic carbocycles. The number of nitrogens with zero attached hydrogens (tertiary/aromatic N) is 3. The third kappa shape index (κ3) is 2.75. The van der Waals surface area contributed by atoms with Crippen LogP contribution in [0.1, 0.15) is 11.2 Å².